The Hall–Kier alpha value is -2.23. The van der Waals surface area contributed by atoms with Crippen LogP contribution in [0.5, 0.6) is 5.75 Å². The van der Waals surface area contributed by atoms with Gasteiger partial charge in [-0.05, 0) is 18.2 Å². The molecule has 1 N–H and O–H groups in total. The van der Waals surface area contributed by atoms with Crippen LogP contribution in [0.4, 0.5) is 18.9 Å². The lowest BCUT2D eigenvalue weighted by Gasteiger charge is -2.13. The number of nitrogens with one attached hydrogen (secondary N) is 1. The highest BCUT2D eigenvalue weighted by molar-refractivity contribution is 5.93. The maximum Gasteiger partial charge on any atom is 0.416 e. The number of ether oxygens (including phenoxy) is 1. The number of hydrogen-bond donors (Lipinski definition) is 1. The molecule has 1 rings (SSSR count). The van der Waals surface area contributed by atoms with E-state index in [4.69, 9.17) is 10.00 Å². The van der Waals surface area contributed by atoms with Crippen molar-refractivity contribution in [3.8, 4) is 11.8 Å². The number of methoxy groups -OCH3 is 1. The number of alkyl halides is 3. The van der Waals surface area contributed by atoms with Gasteiger partial charge in [0.25, 0.3) is 0 Å². The Balaban J connectivity index is 3.07. The summed E-state index contributed by atoms with van der Waals surface area (Å²) >= 11 is 0. The van der Waals surface area contributed by atoms with E-state index in [1.165, 1.54) is 7.11 Å². The molecule has 4 nitrogen and oxygen atoms in total. The second-order valence-corrected chi connectivity index (χ2v) is 3.30. The highest BCUT2D eigenvalue weighted by Gasteiger charge is 2.31. The average molecular weight is 258 g/mol. The van der Waals surface area contributed by atoms with Crippen LogP contribution in [0.3, 0.4) is 0 Å². The lowest BCUT2D eigenvalue weighted by Crippen LogP contribution is -2.13. The second-order valence-electron chi connectivity index (χ2n) is 3.30. The van der Waals surface area contributed by atoms with Crippen molar-refractivity contribution in [1.29, 1.82) is 5.26 Å². The number of carbonyl (C=O) groups excluding carboxylic acids is 1. The fourth-order valence-corrected chi connectivity index (χ4v) is 1.25. The summed E-state index contributed by atoms with van der Waals surface area (Å²) in [5.74, 6) is -0.607. The Morgan fingerprint density at radius 2 is 2.17 bits per heavy atom. The van der Waals surface area contributed by atoms with E-state index in [9.17, 15) is 18.0 Å². The molecular weight excluding hydrogens is 249 g/mol. The highest BCUT2D eigenvalue weighted by Crippen LogP contribution is 2.34. The van der Waals surface area contributed by atoms with Gasteiger partial charge in [-0.15, -0.1) is 0 Å². The number of halogens is 3. The van der Waals surface area contributed by atoms with Gasteiger partial charge >= 0.3 is 6.18 Å². The van der Waals surface area contributed by atoms with Crippen molar-refractivity contribution in [1.82, 2.24) is 0 Å². The van der Waals surface area contributed by atoms with E-state index in [-0.39, 0.29) is 11.4 Å². The molecule has 0 radical (unpaired) electrons. The zero-order chi connectivity index (χ0) is 13.8. The van der Waals surface area contributed by atoms with E-state index < -0.39 is 24.1 Å². The number of carbonyl (C=O) groups is 1. The zero-order valence-electron chi connectivity index (χ0n) is 9.34. The van der Waals surface area contributed by atoms with E-state index in [2.05, 4.69) is 5.32 Å². The molecular formula is C11H9F3N2O2. The molecule has 0 fully saturated rings. The van der Waals surface area contributed by atoms with Gasteiger partial charge in [0.15, 0.2) is 0 Å². The molecule has 0 spiro atoms. The van der Waals surface area contributed by atoms with Crippen LogP contribution in [0, 0.1) is 11.3 Å². The molecule has 0 saturated heterocycles. The molecule has 0 atom stereocenters. The minimum atomic E-state index is -4.51. The van der Waals surface area contributed by atoms with Gasteiger partial charge in [-0.25, -0.2) is 0 Å². The van der Waals surface area contributed by atoms with Crippen LogP contribution in [0.25, 0.3) is 0 Å². The number of benzene rings is 1. The lowest BCUT2D eigenvalue weighted by molar-refractivity contribution is -0.137. The number of anilines is 1. The summed E-state index contributed by atoms with van der Waals surface area (Å²) in [6.07, 6.45) is -4.96. The third-order valence-corrected chi connectivity index (χ3v) is 2.04. The summed E-state index contributed by atoms with van der Waals surface area (Å²) in [4.78, 5) is 11.2. The molecule has 7 heteroatoms. The van der Waals surface area contributed by atoms with Gasteiger partial charge in [-0.1, -0.05) is 0 Å². The monoisotopic (exact) mass is 258 g/mol. The lowest BCUT2D eigenvalue weighted by atomic mass is 10.1. The van der Waals surface area contributed by atoms with Gasteiger partial charge in [0, 0.05) is 0 Å². The molecule has 0 aliphatic heterocycles. The minimum Gasteiger partial charge on any atom is -0.495 e. The maximum atomic E-state index is 12.5. The van der Waals surface area contributed by atoms with Crippen molar-refractivity contribution in [2.75, 3.05) is 12.4 Å². The minimum absolute atomic E-state index is 0.0919. The van der Waals surface area contributed by atoms with Crippen LogP contribution < -0.4 is 10.1 Å². The summed E-state index contributed by atoms with van der Waals surface area (Å²) in [7, 11) is 1.27. The van der Waals surface area contributed by atoms with Gasteiger partial charge in [-0.3, -0.25) is 4.79 Å². The maximum absolute atomic E-state index is 12.5. The molecule has 0 aromatic heterocycles. The zero-order valence-corrected chi connectivity index (χ0v) is 9.34. The van der Waals surface area contributed by atoms with Crippen molar-refractivity contribution in [3.05, 3.63) is 23.8 Å². The first kappa shape index (κ1) is 13.8. The standard InChI is InChI=1S/C11H9F3N2O2/c1-18-9-3-2-7(11(12,13)14)6-8(9)16-10(17)4-5-15/h2-3,6H,4H2,1H3,(H,16,17). The molecule has 0 aliphatic rings. The van der Waals surface area contributed by atoms with Crippen LogP contribution in [0.15, 0.2) is 18.2 Å². The SMILES string of the molecule is COc1ccc(C(F)(F)F)cc1NC(=O)CC#N. The Morgan fingerprint density at radius 1 is 1.50 bits per heavy atom. The second kappa shape index (κ2) is 5.40. The third-order valence-electron chi connectivity index (χ3n) is 2.04. The molecule has 96 valence electrons. The molecule has 0 aliphatic carbocycles. The number of nitriles is 1. The van der Waals surface area contributed by atoms with Crippen LogP contribution in [-0.2, 0) is 11.0 Å². The Kier molecular flexibility index (Phi) is 4.15. The summed E-state index contributed by atoms with van der Waals surface area (Å²) in [5, 5.41) is 10.5. The first-order chi connectivity index (χ1) is 8.38. The highest BCUT2D eigenvalue weighted by atomic mass is 19.4. The van der Waals surface area contributed by atoms with Crippen LogP contribution in [0.2, 0.25) is 0 Å². The van der Waals surface area contributed by atoms with Gasteiger partial charge in [0.05, 0.1) is 24.4 Å². The van der Waals surface area contributed by atoms with Gasteiger partial charge in [-0.2, -0.15) is 18.4 Å². The Bertz CT molecular complexity index is 492. The first-order valence-corrected chi connectivity index (χ1v) is 4.80. The fourth-order valence-electron chi connectivity index (χ4n) is 1.25. The molecule has 0 unspecified atom stereocenters. The third kappa shape index (κ3) is 3.38. The van der Waals surface area contributed by atoms with E-state index in [0.29, 0.717) is 0 Å². The number of amides is 1. The predicted molar refractivity (Wildman–Crippen MR) is 56.9 cm³/mol. The van der Waals surface area contributed by atoms with Crippen molar-refractivity contribution in [2.24, 2.45) is 0 Å². The van der Waals surface area contributed by atoms with Crippen molar-refractivity contribution < 1.29 is 22.7 Å². The molecule has 18 heavy (non-hydrogen) atoms. The summed E-state index contributed by atoms with van der Waals surface area (Å²) in [5.41, 5.74) is -1.02. The molecule has 0 bridgehead atoms. The Labute approximate surface area is 101 Å². The van der Waals surface area contributed by atoms with E-state index in [1.54, 1.807) is 6.07 Å². The van der Waals surface area contributed by atoms with Gasteiger partial charge in [0.2, 0.25) is 5.91 Å². The topological polar surface area (TPSA) is 62.1 Å². The summed E-state index contributed by atoms with van der Waals surface area (Å²) in [6, 6.07) is 4.30. The van der Waals surface area contributed by atoms with E-state index >= 15 is 0 Å². The number of nitrogens with zero attached hydrogens (tertiary/aromatic N) is 1. The summed E-state index contributed by atoms with van der Waals surface area (Å²) < 4.78 is 42.3. The normalized spacial score (nSPS) is 10.6. The van der Waals surface area contributed by atoms with E-state index in [0.717, 1.165) is 18.2 Å². The Morgan fingerprint density at radius 3 is 2.67 bits per heavy atom. The van der Waals surface area contributed by atoms with Crippen LogP contribution in [-0.4, -0.2) is 13.0 Å². The van der Waals surface area contributed by atoms with Crippen molar-refractivity contribution in [2.45, 2.75) is 12.6 Å². The number of hydrogen-bond acceptors (Lipinski definition) is 3. The molecule has 1 aromatic rings. The molecule has 1 aromatic carbocycles. The largest absolute Gasteiger partial charge is 0.495 e. The summed E-state index contributed by atoms with van der Waals surface area (Å²) in [6.45, 7) is 0. The van der Waals surface area contributed by atoms with Crippen molar-refractivity contribution >= 4 is 11.6 Å². The molecule has 0 heterocycles. The smallest absolute Gasteiger partial charge is 0.416 e. The van der Waals surface area contributed by atoms with Crippen LogP contribution >= 0.6 is 0 Å². The van der Waals surface area contributed by atoms with Gasteiger partial charge in [0.1, 0.15) is 12.2 Å². The van der Waals surface area contributed by atoms with Crippen molar-refractivity contribution in [3.63, 3.8) is 0 Å². The number of rotatable bonds is 3. The molecule has 1 amide bonds. The molecule has 0 saturated carbocycles. The predicted octanol–water partition coefficient (Wildman–Crippen LogP) is 2.57. The average Bonchev–Trinajstić information content (AvgIpc) is 2.28. The fraction of sp³-hybridized carbons (Fsp3) is 0.273. The quantitative estimate of drug-likeness (QED) is 0.906. The van der Waals surface area contributed by atoms with Gasteiger partial charge < -0.3 is 10.1 Å². The van der Waals surface area contributed by atoms with E-state index in [1.807, 2.05) is 0 Å². The first-order valence-electron chi connectivity index (χ1n) is 4.80. The van der Waals surface area contributed by atoms with Crippen LogP contribution in [0.1, 0.15) is 12.0 Å².